The average Bonchev–Trinajstić information content (AvgIpc) is 2.69. The lowest BCUT2D eigenvalue weighted by Gasteiger charge is -2.38. The second kappa shape index (κ2) is 9.11. The lowest BCUT2D eigenvalue weighted by molar-refractivity contribution is -0.127. The first-order chi connectivity index (χ1) is 13.3. The maximum absolute atomic E-state index is 12.8. The van der Waals surface area contributed by atoms with Gasteiger partial charge in [0, 0.05) is 68.5 Å². The van der Waals surface area contributed by atoms with E-state index >= 15 is 0 Å². The predicted molar refractivity (Wildman–Crippen MR) is 112 cm³/mol. The van der Waals surface area contributed by atoms with Crippen LogP contribution >= 0.6 is 23.2 Å². The second-order valence-electron chi connectivity index (χ2n) is 6.93. The third-order valence-corrected chi connectivity index (χ3v) is 7.64. The Morgan fingerprint density at radius 3 is 2.14 bits per heavy atom. The van der Waals surface area contributed by atoms with Crippen LogP contribution in [0.1, 0.15) is 5.56 Å². The summed E-state index contributed by atoms with van der Waals surface area (Å²) in [7, 11) is -1.49. The van der Waals surface area contributed by atoms with Gasteiger partial charge >= 0.3 is 0 Å². The quantitative estimate of drug-likeness (QED) is 0.659. The molecule has 2 saturated heterocycles. The van der Waals surface area contributed by atoms with E-state index in [1.165, 1.54) is 14.7 Å². The van der Waals surface area contributed by atoms with E-state index in [1.54, 1.807) is 29.2 Å². The van der Waals surface area contributed by atoms with Crippen LogP contribution in [0.3, 0.4) is 0 Å². The molecular weight excluding hydrogens is 423 g/mol. The van der Waals surface area contributed by atoms with Crippen LogP contribution in [-0.4, -0.2) is 92.1 Å². The van der Waals surface area contributed by atoms with E-state index in [1.807, 2.05) is 7.05 Å². The van der Waals surface area contributed by atoms with Gasteiger partial charge in [0.25, 0.3) is 10.2 Å². The van der Waals surface area contributed by atoms with E-state index in [-0.39, 0.29) is 5.91 Å². The summed E-state index contributed by atoms with van der Waals surface area (Å²) in [5.41, 5.74) is 0.666. The van der Waals surface area contributed by atoms with Crippen LogP contribution in [0.2, 0.25) is 10.0 Å². The summed E-state index contributed by atoms with van der Waals surface area (Å²) >= 11 is 12.1. The van der Waals surface area contributed by atoms with Crippen molar-refractivity contribution in [1.29, 1.82) is 0 Å². The molecule has 0 atom stereocenters. The fourth-order valence-electron chi connectivity index (χ4n) is 3.23. The van der Waals surface area contributed by atoms with Gasteiger partial charge in [-0.2, -0.15) is 17.0 Å². The highest BCUT2D eigenvalue weighted by atomic mass is 35.5. The van der Waals surface area contributed by atoms with E-state index in [0.29, 0.717) is 54.9 Å². The predicted octanol–water partition coefficient (Wildman–Crippen LogP) is 1.64. The Balaban J connectivity index is 1.56. The number of halogens is 2. The van der Waals surface area contributed by atoms with Gasteiger partial charge in [0.1, 0.15) is 0 Å². The van der Waals surface area contributed by atoms with Gasteiger partial charge in [-0.3, -0.25) is 4.79 Å². The van der Waals surface area contributed by atoms with Crippen LogP contribution in [0.25, 0.3) is 6.08 Å². The van der Waals surface area contributed by atoms with E-state index in [0.717, 1.165) is 13.1 Å². The molecule has 0 spiro atoms. The van der Waals surface area contributed by atoms with Crippen molar-refractivity contribution < 1.29 is 13.2 Å². The van der Waals surface area contributed by atoms with Gasteiger partial charge in [-0.15, -0.1) is 0 Å². The molecule has 154 valence electrons. The molecule has 0 bridgehead atoms. The van der Waals surface area contributed by atoms with Crippen LogP contribution in [0.5, 0.6) is 0 Å². The zero-order valence-corrected chi connectivity index (χ0v) is 18.0. The molecule has 0 aliphatic carbocycles. The fourth-order valence-corrected chi connectivity index (χ4v) is 5.17. The molecule has 0 N–H and O–H groups in total. The average molecular weight is 447 g/mol. The number of hydrogen-bond acceptors (Lipinski definition) is 4. The minimum Gasteiger partial charge on any atom is -0.337 e. The van der Waals surface area contributed by atoms with Crippen molar-refractivity contribution >= 4 is 45.4 Å². The van der Waals surface area contributed by atoms with Crippen molar-refractivity contribution in [2.24, 2.45) is 0 Å². The molecule has 1 amide bonds. The van der Waals surface area contributed by atoms with Crippen molar-refractivity contribution in [2.45, 2.75) is 0 Å². The molecule has 28 heavy (non-hydrogen) atoms. The number of piperazine rings is 2. The zero-order chi connectivity index (χ0) is 20.3. The Morgan fingerprint density at radius 2 is 1.54 bits per heavy atom. The maximum Gasteiger partial charge on any atom is 0.282 e. The van der Waals surface area contributed by atoms with Crippen molar-refractivity contribution in [1.82, 2.24) is 18.4 Å². The van der Waals surface area contributed by atoms with Gasteiger partial charge in [-0.1, -0.05) is 23.2 Å². The molecular formula is C18H24Cl2N4O3S. The normalized spacial score (nSPS) is 20.8. The van der Waals surface area contributed by atoms with Crippen molar-refractivity contribution in [3.8, 4) is 0 Å². The zero-order valence-electron chi connectivity index (χ0n) is 15.7. The third-order valence-electron chi connectivity index (χ3n) is 5.03. The van der Waals surface area contributed by atoms with Gasteiger partial charge < -0.3 is 9.80 Å². The Hall–Kier alpha value is -1.16. The number of benzene rings is 1. The Morgan fingerprint density at radius 1 is 0.964 bits per heavy atom. The van der Waals surface area contributed by atoms with Crippen LogP contribution in [0.15, 0.2) is 24.3 Å². The summed E-state index contributed by atoms with van der Waals surface area (Å²) in [5.74, 6) is -0.173. The Kier molecular flexibility index (Phi) is 7.01. The number of carbonyl (C=O) groups is 1. The number of rotatable bonds is 4. The van der Waals surface area contributed by atoms with E-state index < -0.39 is 10.2 Å². The molecule has 2 aliphatic heterocycles. The minimum absolute atomic E-state index is 0.173. The van der Waals surface area contributed by atoms with Crippen LogP contribution in [0.4, 0.5) is 0 Å². The first-order valence-electron chi connectivity index (χ1n) is 9.13. The van der Waals surface area contributed by atoms with Gasteiger partial charge in [0.15, 0.2) is 0 Å². The van der Waals surface area contributed by atoms with Crippen molar-refractivity contribution in [3.05, 3.63) is 39.9 Å². The number of hydrogen-bond donors (Lipinski definition) is 0. The first kappa shape index (κ1) is 21.5. The largest absolute Gasteiger partial charge is 0.337 e. The second-order valence-corrected chi connectivity index (χ2v) is 9.71. The molecule has 7 nitrogen and oxygen atoms in total. The van der Waals surface area contributed by atoms with Crippen LogP contribution in [-0.2, 0) is 15.0 Å². The summed E-state index contributed by atoms with van der Waals surface area (Å²) in [6, 6.07) is 5.05. The Labute approximate surface area is 176 Å². The van der Waals surface area contributed by atoms with Crippen LogP contribution < -0.4 is 0 Å². The molecule has 0 saturated carbocycles. The molecule has 2 fully saturated rings. The van der Waals surface area contributed by atoms with Crippen molar-refractivity contribution in [2.75, 3.05) is 59.4 Å². The summed E-state index contributed by atoms with van der Waals surface area (Å²) in [6.45, 7) is 3.78. The number of amides is 1. The lowest BCUT2D eigenvalue weighted by atomic mass is 10.2. The number of nitrogens with zero attached hydrogens (tertiary/aromatic N) is 4. The highest BCUT2D eigenvalue weighted by Gasteiger charge is 2.34. The fraction of sp³-hybridized carbons (Fsp3) is 0.500. The summed E-state index contributed by atoms with van der Waals surface area (Å²) in [5, 5.41) is 1.05. The molecule has 1 aromatic carbocycles. The SMILES string of the molecule is CN1CCN(S(=O)(=O)N2CCN(C(=O)/C=C/c3cc(Cl)ccc3Cl)CC2)CC1. The summed E-state index contributed by atoms with van der Waals surface area (Å²) in [6.07, 6.45) is 3.08. The van der Waals surface area contributed by atoms with Crippen molar-refractivity contribution in [3.63, 3.8) is 0 Å². The van der Waals surface area contributed by atoms with Crippen LogP contribution in [0, 0.1) is 0 Å². The van der Waals surface area contributed by atoms with Gasteiger partial charge in [-0.05, 0) is 36.9 Å². The number of likely N-dealkylation sites (N-methyl/N-ethyl adjacent to an activating group) is 1. The maximum atomic E-state index is 12.8. The molecule has 10 heteroatoms. The monoisotopic (exact) mass is 446 g/mol. The molecule has 1 aromatic rings. The first-order valence-corrected chi connectivity index (χ1v) is 11.3. The highest BCUT2D eigenvalue weighted by molar-refractivity contribution is 7.86. The van der Waals surface area contributed by atoms with E-state index in [9.17, 15) is 13.2 Å². The molecule has 0 radical (unpaired) electrons. The van der Waals surface area contributed by atoms with E-state index in [4.69, 9.17) is 23.2 Å². The minimum atomic E-state index is -3.47. The molecule has 2 aliphatic rings. The molecule has 0 aromatic heterocycles. The number of carbonyl (C=O) groups excluding carboxylic acids is 1. The summed E-state index contributed by atoms with van der Waals surface area (Å²) in [4.78, 5) is 16.2. The molecule has 2 heterocycles. The van der Waals surface area contributed by atoms with E-state index in [2.05, 4.69) is 4.90 Å². The van der Waals surface area contributed by atoms with Gasteiger partial charge in [-0.25, -0.2) is 0 Å². The lowest BCUT2D eigenvalue weighted by Crippen LogP contribution is -2.57. The van der Waals surface area contributed by atoms with Gasteiger partial charge in [0.2, 0.25) is 5.91 Å². The highest BCUT2D eigenvalue weighted by Crippen LogP contribution is 2.22. The Bertz CT molecular complexity index is 846. The summed E-state index contributed by atoms with van der Waals surface area (Å²) < 4.78 is 28.6. The smallest absolute Gasteiger partial charge is 0.282 e. The topological polar surface area (TPSA) is 64.2 Å². The standard InChI is InChI=1S/C18H24Cl2N4O3S/c1-21-6-10-23(11-7-21)28(26,27)24-12-8-22(9-13-24)18(25)5-2-15-14-16(19)3-4-17(15)20/h2-5,14H,6-13H2,1H3/b5-2+. The molecule has 3 rings (SSSR count). The van der Waals surface area contributed by atoms with Gasteiger partial charge in [0.05, 0.1) is 0 Å². The molecule has 0 unspecified atom stereocenters. The third kappa shape index (κ3) is 5.06.